The van der Waals surface area contributed by atoms with E-state index in [1.807, 2.05) is 30.3 Å². The van der Waals surface area contributed by atoms with Crippen LogP contribution in [0.1, 0.15) is 22.0 Å². The molecule has 0 bridgehead atoms. The zero-order chi connectivity index (χ0) is 23.4. The van der Waals surface area contributed by atoms with Gasteiger partial charge in [0.25, 0.3) is 11.6 Å². The fourth-order valence-electron chi connectivity index (χ4n) is 3.39. The maximum atomic E-state index is 13.2. The molecule has 1 atom stereocenters. The number of non-ortho nitro benzene ring substituents is 1. The number of halogens is 1. The lowest BCUT2D eigenvalue weighted by Gasteiger charge is -2.19. The summed E-state index contributed by atoms with van der Waals surface area (Å²) in [5, 5.41) is 15.2. The van der Waals surface area contributed by atoms with Crippen LogP contribution in [0, 0.1) is 10.1 Å². The van der Waals surface area contributed by atoms with E-state index in [0.717, 1.165) is 10.8 Å². The molecule has 0 aliphatic carbocycles. The van der Waals surface area contributed by atoms with Gasteiger partial charge in [-0.3, -0.25) is 14.9 Å². The summed E-state index contributed by atoms with van der Waals surface area (Å²) in [5.41, 5.74) is 1.02. The standard InChI is InChI=1S/C25H17BrN2O5/c26-21-15-18(28(31)32)13-14-22(21)27-24(29)23(17-8-2-1-3-9-17)33-25(30)20-12-6-10-16-7-4-5-11-19(16)20/h1-15,23H,(H,27,29). The number of nitrogens with one attached hydrogen (secondary N) is 1. The maximum Gasteiger partial charge on any atom is 0.339 e. The predicted molar refractivity (Wildman–Crippen MR) is 128 cm³/mol. The lowest BCUT2D eigenvalue weighted by molar-refractivity contribution is -0.384. The number of carbonyl (C=O) groups excluding carboxylic acids is 2. The summed E-state index contributed by atoms with van der Waals surface area (Å²) < 4.78 is 6.02. The first-order valence-corrected chi connectivity index (χ1v) is 10.7. The number of carbonyl (C=O) groups is 2. The number of benzene rings is 4. The molecule has 4 rings (SSSR count). The van der Waals surface area contributed by atoms with Crippen LogP contribution in [0.2, 0.25) is 0 Å². The van der Waals surface area contributed by atoms with E-state index in [-0.39, 0.29) is 5.69 Å². The number of nitro benzene ring substituents is 1. The van der Waals surface area contributed by atoms with Crippen molar-refractivity contribution in [1.82, 2.24) is 0 Å². The Morgan fingerprint density at radius 1 is 0.909 bits per heavy atom. The van der Waals surface area contributed by atoms with Gasteiger partial charge in [-0.2, -0.15) is 0 Å². The first-order chi connectivity index (χ1) is 15.9. The number of anilines is 1. The van der Waals surface area contributed by atoms with Gasteiger partial charge in [-0.25, -0.2) is 4.79 Å². The van der Waals surface area contributed by atoms with Gasteiger partial charge in [-0.05, 0) is 38.8 Å². The second-order valence-corrected chi connectivity index (χ2v) is 7.99. The van der Waals surface area contributed by atoms with Crippen LogP contribution in [-0.2, 0) is 9.53 Å². The van der Waals surface area contributed by atoms with Crippen molar-refractivity contribution in [3.63, 3.8) is 0 Å². The Morgan fingerprint density at radius 3 is 2.33 bits per heavy atom. The topological polar surface area (TPSA) is 98.5 Å². The van der Waals surface area contributed by atoms with Crippen LogP contribution in [0.3, 0.4) is 0 Å². The molecule has 0 saturated carbocycles. The van der Waals surface area contributed by atoms with Gasteiger partial charge in [0.2, 0.25) is 6.10 Å². The molecular weight excluding hydrogens is 488 g/mol. The molecule has 0 radical (unpaired) electrons. The fourth-order valence-corrected chi connectivity index (χ4v) is 3.86. The van der Waals surface area contributed by atoms with E-state index in [9.17, 15) is 19.7 Å². The van der Waals surface area contributed by atoms with E-state index in [2.05, 4.69) is 21.2 Å². The third-order valence-corrected chi connectivity index (χ3v) is 5.65. The average molecular weight is 505 g/mol. The number of fused-ring (bicyclic) bond motifs is 1. The van der Waals surface area contributed by atoms with Crippen molar-refractivity contribution in [3.05, 3.63) is 117 Å². The van der Waals surface area contributed by atoms with E-state index in [1.54, 1.807) is 42.5 Å². The van der Waals surface area contributed by atoms with Gasteiger partial charge in [-0.1, -0.05) is 66.7 Å². The molecule has 7 nitrogen and oxygen atoms in total. The van der Waals surface area contributed by atoms with Crippen LogP contribution in [0.25, 0.3) is 10.8 Å². The van der Waals surface area contributed by atoms with Gasteiger partial charge >= 0.3 is 5.97 Å². The van der Waals surface area contributed by atoms with Gasteiger partial charge in [0.1, 0.15) is 0 Å². The minimum atomic E-state index is -1.24. The van der Waals surface area contributed by atoms with E-state index >= 15 is 0 Å². The number of hydrogen-bond donors (Lipinski definition) is 1. The van der Waals surface area contributed by atoms with E-state index in [4.69, 9.17) is 4.74 Å². The van der Waals surface area contributed by atoms with Crippen molar-refractivity contribution in [2.45, 2.75) is 6.10 Å². The minimum Gasteiger partial charge on any atom is -0.444 e. The van der Waals surface area contributed by atoms with Gasteiger partial charge in [0, 0.05) is 22.2 Å². The molecule has 4 aromatic rings. The molecule has 33 heavy (non-hydrogen) atoms. The summed E-state index contributed by atoms with van der Waals surface area (Å²) in [6.07, 6.45) is -1.24. The second kappa shape index (κ2) is 9.62. The Bertz CT molecular complexity index is 1350. The number of amides is 1. The smallest absolute Gasteiger partial charge is 0.339 e. The molecule has 1 N–H and O–H groups in total. The first-order valence-electron chi connectivity index (χ1n) is 9.92. The lowest BCUT2D eigenvalue weighted by atomic mass is 10.0. The number of nitrogens with zero attached hydrogens (tertiary/aromatic N) is 1. The molecule has 1 unspecified atom stereocenters. The van der Waals surface area contributed by atoms with Crippen molar-refractivity contribution in [2.75, 3.05) is 5.32 Å². The normalized spacial score (nSPS) is 11.5. The van der Waals surface area contributed by atoms with Gasteiger partial charge in [0.05, 0.1) is 16.2 Å². The third-order valence-electron chi connectivity index (χ3n) is 5.00. The molecular formula is C25H17BrN2O5. The molecule has 0 fully saturated rings. The summed E-state index contributed by atoms with van der Waals surface area (Å²) in [6.45, 7) is 0. The van der Waals surface area contributed by atoms with Crippen LogP contribution in [0.4, 0.5) is 11.4 Å². The van der Waals surface area contributed by atoms with Gasteiger partial charge in [0.15, 0.2) is 0 Å². The SMILES string of the molecule is O=C(OC(C(=O)Nc1ccc([N+](=O)[O-])cc1Br)c1ccccc1)c1cccc2ccccc12. The number of rotatable bonds is 6. The average Bonchev–Trinajstić information content (AvgIpc) is 2.83. The first kappa shape index (κ1) is 22.2. The number of nitro groups is 1. The zero-order valence-corrected chi connectivity index (χ0v) is 18.7. The van der Waals surface area contributed by atoms with Crippen molar-refractivity contribution >= 4 is 50.0 Å². The van der Waals surface area contributed by atoms with Crippen LogP contribution >= 0.6 is 15.9 Å². The molecule has 0 aliphatic heterocycles. The fraction of sp³-hybridized carbons (Fsp3) is 0.0400. The van der Waals surface area contributed by atoms with E-state index in [1.165, 1.54) is 18.2 Å². The highest BCUT2D eigenvalue weighted by molar-refractivity contribution is 9.10. The van der Waals surface area contributed by atoms with Crippen LogP contribution in [0.15, 0.2) is 95.5 Å². The molecule has 0 aliphatic rings. The third kappa shape index (κ3) is 4.91. The van der Waals surface area contributed by atoms with Crippen molar-refractivity contribution in [3.8, 4) is 0 Å². The zero-order valence-electron chi connectivity index (χ0n) is 17.1. The monoisotopic (exact) mass is 504 g/mol. The maximum absolute atomic E-state index is 13.2. The molecule has 8 heteroatoms. The molecule has 0 heterocycles. The van der Waals surface area contributed by atoms with Crippen molar-refractivity contribution in [1.29, 1.82) is 0 Å². The second-order valence-electron chi connectivity index (χ2n) is 7.13. The number of hydrogen-bond acceptors (Lipinski definition) is 5. The molecule has 164 valence electrons. The van der Waals surface area contributed by atoms with E-state index in [0.29, 0.717) is 21.3 Å². The van der Waals surface area contributed by atoms with Gasteiger partial charge < -0.3 is 10.1 Å². The quantitative estimate of drug-likeness (QED) is 0.196. The number of esters is 1. The van der Waals surface area contributed by atoms with Crippen molar-refractivity contribution < 1.29 is 19.2 Å². The summed E-state index contributed by atoms with van der Waals surface area (Å²) in [4.78, 5) is 36.7. The molecule has 0 saturated heterocycles. The molecule has 0 spiro atoms. The molecule has 4 aromatic carbocycles. The van der Waals surface area contributed by atoms with E-state index < -0.39 is 22.9 Å². The molecule has 0 aromatic heterocycles. The lowest BCUT2D eigenvalue weighted by Crippen LogP contribution is -2.26. The predicted octanol–water partition coefficient (Wildman–Crippen LogP) is 6.05. The Hall–Kier alpha value is -4.04. The highest BCUT2D eigenvalue weighted by Crippen LogP contribution is 2.29. The van der Waals surface area contributed by atoms with Crippen LogP contribution < -0.4 is 5.32 Å². The summed E-state index contributed by atoms with van der Waals surface area (Å²) >= 11 is 3.24. The summed E-state index contributed by atoms with van der Waals surface area (Å²) in [7, 11) is 0. The van der Waals surface area contributed by atoms with Gasteiger partial charge in [-0.15, -0.1) is 0 Å². The molecule has 1 amide bonds. The minimum absolute atomic E-state index is 0.123. The highest BCUT2D eigenvalue weighted by atomic mass is 79.9. The Labute approximate surface area is 197 Å². The number of ether oxygens (including phenoxy) is 1. The highest BCUT2D eigenvalue weighted by Gasteiger charge is 2.27. The Balaban J connectivity index is 1.64. The summed E-state index contributed by atoms with van der Waals surface area (Å²) in [5.74, 6) is -1.23. The summed E-state index contributed by atoms with van der Waals surface area (Å²) in [6, 6.07) is 25.3. The Morgan fingerprint density at radius 2 is 1.61 bits per heavy atom. The Kier molecular flexibility index (Phi) is 6.46. The van der Waals surface area contributed by atoms with Crippen LogP contribution in [0.5, 0.6) is 0 Å². The van der Waals surface area contributed by atoms with Crippen LogP contribution in [-0.4, -0.2) is 16.8 Å². The van der Waals surface area contributed by atoms with Crippen molar-refractivity contribution in [2.24, 2.45) is 0 Å². The largest absolute Gasteiger partial charge is 0.444 e.